The fourth-order valence-corrected chi connectivity index (χ4v) is 3.30. The number of nitrogens with one attached hydrogen (secondary N) is 1. The number of nitrogens with zero attached hydrogens (tertiary/aromatic N) is 2. The van der Waals surface area contributed by atoms with Gasteiger partial charge in [-0.25, -0.2) is 27.9 Å². The third-order valence-corrected chi connectivity index (χ3v) is 5.08. The van der Waals surface area contributed by atoms with Crippen molar-refractivity contribution in [1.29, 1.82) is 0 Å². The largest absolute Gasteiger partial charge is 0.478 e. The average molecular weight is 327 g/mol. The first kappa shape index (κ1) is 15.5. The van der Waals surface area contributed by atoms with E-state index in [-0.39, 0.29) is 17.1 Å². The van der Waals surface area contributed by atoms with Crippen molar-refractivity contribution in [2.75, 3.05) is 0 Å². The Morgan fingerprint density at radius 2 is 2.10 bits per heavy atom. The Kier molecular flexibility index (Phi) is 4.66. The van der Waals surface area contributed by atoms with Crippen molar-refractivity contribution in [3.05, 3.63) is 40.0 Å². The highest BCUT2D eigenvalue weighted by Crippen LogP contribution is 2.14. The minimum absolute atomic E-state index is 0.0681. The molecule has 0 aliphatic carbocycles. The molecule has 21 heavy (non-hydrogen) atoms. The number of carboxylic acid groups (broad SMARTS) is 1. The Balaban J connectivity index is 2.09. The lowest BCUT2D eigenvalue weighted by molar-refractivity contribution is 0.0696. The Bertz CT molecular complexity index is 738. The van der Waals surface area contributed by atoms with E-state index in [2.05, 4.69) is 14.7 Å². The van der Waals surface area contributed by atoms with Gasteiger partial charge in [0.15, 0.2) is 5.03 Å². The van der Waals surface area contributed by atoms with Crippen molar-refractivity contribution in [1.82, 2.24) is 14.7 Å². The van der Waals surface area contributed by atoms with E-state index in [4.69, 9.17) is 5.11 Å². The molecule has 112 valence electrons. The highest BCUT2D eigenvalue weighted by Gasteiger charge is 2.17. The van der Waals surface area contributed by atoms with Gasteiger partial charge in [-0.3, -0.25) is 0 Å². The fourth-order valence-electron chi connectivity index (χ4n) is 1.49. The van der Waals surface area contributed by atoms with Gasteiger partial charge in [-0.15, -0.1) is 11.3 Å². The summed E-state index contributed by atoms with van der Waals surface area (Å²) in [5.41, 5.74) is -0.0681. The Hall–Kier alpha value is -1.84. The normalized spacial score (nSPS) is 11.5. The van der Waals surface area contributed by atoms with Crippen LogP contribution in [0.4, 0.5) is 0 Å². The highest BCUT2D eigenvalue weighted by molar-refractivity contribution is 7.89. The van der Waals surface area contributed by atoms with Crippen molar-refractivity contribution in [3.8, 4) is 0 Å². The first-order valence-electron chi connectivity index (χ1n) is 6.05. The molecule has 0 aliphatic rings. The SMILES string of the molecule is CCc1cnc(CNS(=O)(=O)c2ccc(C(=O)O)cn2)s1. The Morgan fingerprint density at radius 3 is 2.62 bits per heavy atom. The third-order valence-electron chi connectivity index (χ3n) is 2.62. The van der Waals surface area contributed by atoms with Gasteiger partial charge >= 0.3 is 5.97 Å². The van der Waals surface area contributed by atoms with E-state index in [1.807, 2.05) is 6.92 Å². The van der Waals surface area contributed by atoms with Gasteiger partial charge in [0.05, 0.1) is 12.1 Å². The topological polar surface area (TPSA) is 109 Å². The number of rotatable bonds is 6. The average Bonchev–Trinajstić information content (AvgIpc) is 2.93. The summed E-state index contributed by atoms with van der Waals surface area (Å²) in [6.07, 6.45) is 3.58. The van der Waals surface area contributed by atoms with E-state index in [9.17, 15) is 13.2 Å². The molecule has 0 saturated heterocycles. The van der Waals surface area contributed by atoms with Crippen LogP contribution in [0.1, 0.15) is 27.2 Å². The zero-order valence-corrected chi connectivity index (χ0v) is 12.7. The summed E-state index contributed by atoms with van der Waals surface area (Å²) in [5, 5.41) is 9.19. The van der Waals surface area contributed by atoms with Gasteiger partial charge in [-0.05, 0) is 18.6 Å². The lowest BCUT2D eigenvalue weighted by Gasteiger charge is -2.04. The number of carbonyl (C=O) groups is 1. The molecule has 7 nitrogen and oxygen atoms in total. The predicted molar refractivity (Wildman–Crippen MR) is 76.7 cm³/mol. The summed E-state index contributed by atoms with van der Waals surface area (Å²) in [7, 11) is -3.79. The van der Waals surface area contributed by atoms with E-state index in [1.54, 1.807) is 6.20 Å². The molecule has 0 spiro atoms. The summed E-state index contributed by atoms with van der Waals surface area (Å²) in [6, 6.07) is 2.35. The van der Waals surface area contributed by atoms with E-state index in [0.29, 0.717) is 5.01 Å². The second kappa shape index (κ2) is 6.29. The second-order valence-electron chi connectivity index (χ2n) is 4.09. The third kappa shape index (κ3) is 3.84. The van der Waals surface area contributed by atoms with Gasteiger partial charge in [-0.1, -0.05) is 6.92 Å². The van der Waals surface area contributed by atoms with Gasteiger partial charge in [0, 0.05) is 17.3 Å². The Morgan fingerprint density at radius 1 is 1.33 bits per heavy atom. The van der Waals surface area contributed by atoms with E-state index in [0.717, 1.165) is 23.6 Å². The number of aromatic nitrogens is 2. The molecule has 0 aliphatic heterocycles. The zero-order valence-electron chi connectivity index (χ0n) is 11.1. The van der Waals surface area contributed by atoms with Crippen LogP contribution in [0.25, 0.3) is 0 Å². The van der Waals surface area contributed by atoms with Crippen LogP contribution in [0.15, 0.2) is 29.6 Å². The number of sulfonamides is 1. The van der Waals surface area contributed by atoms with Gasteiger partial charge in [0.1, 0.15) is 5.01 Å². The van der Waals surface area contributed by atoms with Crippen LogP contribution in [0.3, 0.4) is 0 Å². The molecule has 0 saturated carbocycles. The molecule has 2 rings (SSSR count). The van der Waals surface area contributed by atoms with Crippen molar-refractivity contribution >= 4 is 27.3 Å². The molecule has 0 atom stereocenters. The van der Waals surface area contributed by atoms with Crippen molar-refractivity contribution in [2.45, 2.75) is 24.9 Å². The smallest absolute Gasteiger partial charge is 0.337 e. The molecule has 0 bridgehead atoms. The number of aryl methyl sites for hydroxylation is 1. The molecule has 0 radical (unpaired) electrons. The van der Waals surface area contributed by atoms with Crippen LogP contribution in [0.5, 0.6) is 0 Å². The highest BCUT2D eigenvalue weighted by atomic mass is 32.2. The monoisotopic (exact) mass is 327 g/mol. The Labute approximate surface area is 125 Å². The summed E-state index contributed by atoms with van der Waals surface area (Å²) in [6.45, 7) is 2.07. The van der Waals surface area contributed by atoms with Gasteiger partial charge < -0.3 is 5.11 Å². The van der Waals surface area contributed by atoms with Gasteiger partial charge in [0.2, 0.25) is 0 Å². The van der Waals surface area contributed by atoms with Crippen LogP contribution < -0.4 is 4.72 Å². The lowest BCUT2D eigenvalue weighted by atomic mass is 10.3. The number of aromatic carboxylic acids is 1. The fraction of sp³-hybridized carbons (Fsp3) is 0.250. The minimum atomic E-state index is -3.79. The predicted octanol–water partition coefficient (Wildman–Crippen LogP) is 1.28. The molecule has 0 aromatic carbocycles. The molecule has 2 aromatic heterocycles. The first-order chi connectivity index (χ1) is 9.92. The summed E-state index contributed by atoms with van der Waals surface area (Å²) in [5.74, 6) is -1.16. The number of carboxylic acids is 1. The van der Waals surface area contributed by atoms with Gasteiger partial charge in [-0.2, -0.15) is 0 Å². The maximum Gasteiger partial charge on any atom is 0.337 e. The quantitative estimate of drug-likeness (QED) is 0.827. The summed E-state index contributed by atoms with van der Waals surface area (Å²) in [4.78, 5) is 19.5. The van der Waals surface area contributed by atoms with E-state index < -0.39 is 16.0 Å². The van der Waals surface area contributed by atoms with Crippen molar-refractivity contribution < 1.29 is 18.3 Å². The molecule has 2 aromatic rings. The van der Waals surface area contributed by atoms with Gasteiger partial charge in [0.25, 0.3) is 10.0 Å². The molecule has 2 N–H and O–H groups in total. The standard InChI is InChI=1S/C12H13N3O4S2/c1-2-9-6-13-10(20-9)7-15-21(18,19)11-4-3-8(5-14-11)12(16)17/h3-6,15H,2,7H2,1H3,(H,16,17). The van der Waals surface area contributed by atoms with Crippen molar-refractivity contribution in [3.63, 3.8) is 0 Å². The molecular formula is C12H13N3O4S2. The first-order valence-corrected chi connectivity index (χ1v) is 8.35. The number of hydrogen-bond acceptors (Lipinski definition) is 6. The van der Waals surface area contributed by atoms with E-state index in [1.165, 1.54) is 17.4 Å². The second-order valence-corrected chi connectivity index (χ2v) is 7.00. The lowest BCUT2D eigenvalue weighted by Crippen LogP contribution is -2.24. The van der Waals surface area contributed by atoms with Crippen LogP contribution in [-0.4, -0.2) is 29.5 Å². The van der Waals surface area contributed by atoms with Crippen LogP contribution in [-0.2, 0) is 23.0 Å². The molecule has 0 amide bonds. The molecule has 9 heteroatoms. The summed E-state index contributed by atoms with van der Waals surface area (Å²) < 4.78 is 26.4. The van der Waals surface area contributed by atoms with E-state index >= 15 is 0 Å². The number of pyridine rings is 1. The molecule has 2 heterocycles. The van der Waals surface area contributed by atoms with Crippen LogP contribution >= 0.6 is 11.3 Å². The minimum Gasteiger partial charge on any atom is -0.478 e. The zero-order chi connectivity index (χ0) is 15.5. The molecular weight excluding hydrogens is 314 g/mol. The van der Waals surface area contributed by atoms with Crippen molar-refractivity contribution in [2.24, 2.45) is 0 Å². The number of hydrogen-bond donors (Lipinski definition) is 2. The van der Waals surface area contributed by atoms with Crippen LogP contribution in [0.2, 0.25) is 0 Å². The summed E-state index contributed by atoms with van der Waals surface area (Å²) >= 11 is 1.44. The maximum absolute atomic E-state index is 12.0. The molecule has 0 unspecified atom stereocenters. The van der Waals surface area contributed by atoms with Crippen LogP contribution in [0, 0.1) is 0 Å². The maximum atomic E-state index is 12.0. The molecule has 0 fully saturated rings. The number of thiazole rings is 1.